The Bertz CT molecular complexity index is 1800. The third kappa shape index (κ3) is 4.16. The second kappa shape index (κ2) is 9.48. The number of benzene rings is 2. The van der Waals surface area contributed by atoms with Gasteiger partial charge in [0, 0.05) is 36.8 Å². The maximum atomic E-state index is 14.0. The molecular formula is C34H32N4O4. The van der Waals surface area contributed by atoms with Gasteiger partial charge in [0.15, 0.2) is 5.60 Å². The number of anilines is 1. The van der Waals surface area contributed by atoms with Gasteiger partial charge >= 0.3 is 5.97 Å². The van der Waals surface area contributed by atoms with Crippen LogP contribution in [0.25, 0.3) is 10.9 Å². The molecule has 8 heteroatoms. The first-order chi connectivity index (χ1) is 20.1. The van der Waals surface area contributed by atoms with Crippen LogP contribution in [0.2, 0.25) is 0 Å². The fraction of sp³-hybridized carbons (Fsp3) is 0.324. The Morgan fingerprint density at radius 1 is 1.05 bits per heavy atom. The van der Waals surface area contributed by atoms with Gasteiger partial charge in [-0.25, -0.2) is 4.98 Å². The van der Waals surface area contributed by atoms with Gasteiger partial charge in [-0.15, -0.1) is 0 Å². The fourth-order valence-corrected chi connectivity index (χ4v) is 7.16. The summed E-state index contributed by atoms with van der Waals surface area (Å²) in [5.74, 6) is -0.0925. The number of esters is 1. The van der Waals surface area contributed by atoms with Crippen molar-refractivity contribution in [3.63, 3.8) is 0 Å². The van der Waals surface area contributed by atoms with Crippen LogP contribution in [-0.4, -0.2) is 38.3 Å². The monoisotopic (exact) mass is 560 g/mol. The van der Waals surface area contributed by atoms with E-state index in [1.807, 2.05) is 35.4 Å². The van der Waals surface area contributed by atoms with Crippen LogP contribution in [0.3, 0.4) is 0 Å². The molecule has 1 aliphatic heterocycles. The summed E-state index contributed by atoms with van der Waals surface area (Å²) >= 11 is 0. The van der Waals surface area contributed by atoms with E-state index in [9.17, 15) is 14.4 Å². The number of carbonyl (C=O) groups excluding carboxylic acids is 3. The smallest absolute Gasteiger partial charge is 0.303 e. The highest BCUT2D eigenvalue weighted by Crippen LogP contribution is 2.47. The van der Waals surface area contributed by atoms with Crippen LogP contribution >= 0.6 is 0 Å². The van der Waals surface area contributed by atoms with Gasteiger partial charge < -0.3 is 15.0 Å². The highest BCUT2D eigenvalue weighted by Gasteiger charge is 2.51. The third-order valence-electron chi connectivity index (χ3n) is 9.04. The van der Waals surface area contributed by atoms with Gasteiger partial charge in [-0.3, -0.25) is 19.4 Å². The zero-order valence-electron chi connectivity index (χ0n) is 23.9. The molecule has 2 amide bonds. The lowest BCUT2D eigenvalue weighted by Crippen LogP contribution is -2.48. The lowest BCUT2D eigenvalue weighted by atomic mass is 9.79. The molecule has 0 saturated heterocycles. The van der Waals surface area contributed by atoms with E-state index in [-0.39, 0.29) is 17.9 Å². The Morgan fingerprint density at radius 2 is 1.83 bits per heavy atom. The maximum Gasteiger partial charge on any atom is 0.303 e. The molecule has 42 heavy (non-hydrogen) atoms. The Balaban J connectivity index is 1.23. The predicted molar refractivity (Wildman–Crippen MR) is 158 cm³/mol. The highest BCUT2D eigenvalue weighted by atomic mass is 16.6. The van der Waals surface area contributed by atoms with Gasteiger partial charge in [0.25, 0.3) is 5.91 Å². The lowest BCUT2D eigenvalue weighted by molar-refractivity contribution is -0.170. The molecule has 0 bridgehead atoms. The van der Waals surface area contributed by atoms with Crippen molar-refractivity contribution in [2.24, 2.45) is 0 Å². The van der Waals surface area contributed by atoms with Crippen molar-refractivity contribution in [2.75, 3.05) is 5.32 Å². The van der Waals surface area contributed by atoms with Crippen LogP contribution in [0.4, 0.5) is 5.82 Å². The molecule has 0 radical (unpaired) electrons. The second-order valence-corrected chi connectivity index (χ2v) is 12.2. The summed E-state index contributed by atoms with van der Waals surface area (Å²) < 4.78 is 5.48. The van der Waals surface area contributed by atoms with Crippen LogP contribution in [0, 0.1) is 0 Å². The van der Waals surface area contributed by atoms with Crippen LogP contribution in [-0.2, 0) is 50.3 Å². The normalized spacial score (nSPS) is 20.3. The zero-order chi connectivity index (χ0) is 29.2. The summed E-state index contributed by atoms with van der Waals surface area (Å²) in [5, 5.41) is 3.94. The van der Waals surface area contributed by atoms with E-state index < -0.39 is 17.0 Å². The second-order valence-electron chi connectivity index (χ2n) is 12.2. The Kier molecular flexibility index (Phi) is 5.94. The standard InChI is InChI=1S/C34H32N4O4/c1-20(39)42-33(2,3)32(41)38(29-11-10-22-7-4-5-8-26(22)29)19-21-13-23-14-24-16-34(17-25(24)15-28(23)36-18-21)27-9-6-12-35-30(27)37-31(34)40/h4-9,12-15,18,29H,10-11,16-17,19H2,1-3H3,(H,35,37,40)/t29-,34+/m1/s1. The number of rotatable bonds is 5. The van der Waals surface area contributed by atoms with Crippen molar-refractivity contribution in [3.8, 4) is 0 Å². The molecule has 4 aromatic rings. The van der Waals surface area contributed by atoms with E-state index in [4.69, 9.17) is 9.72 Å². The van der Waals surface area contributed by atoms with Gasteiger partial charge in [0.05, 0.1) is 17.0 Å². The Morgan fingerprint density at radius 3 is 2.64 bits per heavy atom. The molecule has 2 aliphatic carbocycles. The van der Waals surface area contributed by atoms with Gasteiger partial charge in [-0.05, 0) is 91.6 Å². The van der Waals surface area contributed by atoms with E-state index in [2.05, 4.69) is 40.6 Å². The van der Waals surface area contributed by atoms with E-state index in [1.165, 1.54) is 12.5 Å². The topological polar surface area (TPSA) is 101 Å². The fourth-order valence-electron chi connectivity index (χ4n) is 7.16. The number of hydrogen-bond donors (Lipinski definition) is 1. The van der Waals surface area contributed by atoms with Crippen molar-refractivity contribution < 1.29 is 19.1 Å². The van der Waals surface area contributed by atoms with Crippen molar-refractivity contribution in [1.82, 2.24) is 14.9 Å². The van der Waals surface area contributed by atoms with Crippen LogP contribution in [0.1, 0.15) is 66.6 Å². The number of nitrogens with one attached hydrogen (secondary N) is 1. The quantitative estimate of drug-likeness (QED) is 0.346. The van der Waals surface area contributed by atoms with Crippen molar-refractivity contribution in [3.05, 3.63) is 100 Å². The summed E-state index contributed by atoms with van der Waals surface area (Å²) in [6, 6.07) is 18.3. The SMILES string of the molecule is CC(=O)OC(C)(C)C(=O)N(Cc1cnc2cc3c(cc2c1)C[C@@]1(C3)C(=O)Nc2ncccc21)[C@@H]1CCc2ccccc21. The summed E-state index contributed by atoms with van der Waals surface area (Å²) in [5.41, 5.74) is 5.35. The first-order valence-corrected chi connectivity index (χ1v) is 14.4. The summed E-state index contributed by atoms with van der Waals surface area (Å²) in [6.45, 7) is 4.95. The van der Waals surface area contributed by atoms with Gasteiger partial charge in [-0.2, -0.15) is 0 Å². The molecule has 0 saturated carbocycles. The van der Waals surface area contributed by atoms with E-state index >= 15 is 0 Å². The number of hydrogen-bond acceptors (Lipinski definition) is 6. The highest BCUT2D eigenvalue weighted by molar-refractivity contribution is 6.06. The molecule has 0 unspecified atom stereocenters. The number of nitrogens with zero attached hydrogens (tertiary/aromatic N) is 3. The molecule has 0 fully saturated rings. The van der Waals surface area contributed by atoms with Crippen molar-refractivity contribution in [2.45, 2.75) is 70.1 Å². The summed E-state index contributed by atoms with van der Waals surface area (Å²) in [6.07, 6.45) is 6.42. The Labute approximate surface area is 244 Å². The lowest BCUT2D eigenvalue weighted by Gasteiger charge is -2.36. The molecule has 3 heterocycles. The first-order valence-electron chi connectivity index (χ1n) is 14.4. The average molecular weight is 561 g/mol. The van der Waals surface area contributed by atoms with Gasteiger partial charge in [-0.1, -0.05) is 30.3 Å². The molecule has 7 rings (SSSR count). The summed E-state index contributed by atoms with van der Waals surface area (Å²) in [4.78, 5) is 50.0. The molecule has 1 N–H and O–H groups in total. The minimum atomic E-state index is -1.31. The number of aromatic nitrogens is 2. The minimum Gasteiger partial charge on any atom is -0.450 e. The number of pyridine rings is 2. The van der Waals surface area contributed by atoms with E-state index in [1.54, 1.807) is 20.0 Å². The van der Waals surface area contributed by atoms with Gasteiger partial charge in [0.2, 0.25) is 5.91 Å². The van der Waals surface area contributed by atoms with Gasteiger partial charge in [0.1, 0.15) is 5.82 Å². The third-order valence-corrected chi connectivity index (χ3v) is 9.04. The molecule has 8 nitrogen and oxygen atoms in total. The molecule has 212 valence electrons. The molecular weight excluding hydrogens is 528 g/mol. The molecule has 1 spiro atoms. The first kappa shape index (κ1) is 26.3. The number of ether oxygens (including phenoxy) is 1. The van der Waals surface area contributed by atoms with Crippen LogP contribution in [0.15, 0.2) is 67.0 Å². The number of carbonyl (C=O) groups is 3. The predicted octanol–water partition coefficient (Wildman–Crippen LogP) is 4.98. The molecule has 3 aliphatic rings. The average Bonchev–Trinajstić information content (AvgIpc) is 3.63. The van der Waals surface area contributed by atoms with E-state index in [0.29, 0.717) is 25.2 Å². The molecule has 2 aromatic heterocycles. The van der Waals surface area contributed by atoms with Crippen LogP contribution in [0.5, 0.6) is 0 Å². The maximum absolute atomic E-state index is 14.0. The van der Waals surface area contributed by atoms with E-state index in [0.717, 1.165) is 51.6 Å². The minimum absolute atomic E-state index is 0.00787. The largest absolute Gasteiger partial charge is 0.450 e. The van der Waals surface area contributed by atoms with Crippen molar-refractivity contribution >= 4 is 34.5 Å². The van der Waals surface area contributed by atoms with Crippen LogP contribution < -0.4 is 5.32 Å². The number of aryl methyl sites for hydroxylation is 1. The number of fused-ring (bicyclic) bond motifs is 5. The number of amides is 2. The zero-order valence-corrected chi connectivity index (χ0v) is 23.9. The van der Waals surface area contributed by atoms with Crippen molar-refractivity contribution in [1.29, 1.82) is 0 Å². The molecule has 2 atom stereocenters. The molecule has 2 aromatic carbocycles. The Hall–Kier alpha value is -4.59. The summed E-state index contributed by atoms with van der Waals surface area (Å²) in [7, 11) is 0.